The van der Waals surface area contributed by atoms with Crippen molar-refractivity contribution >= 4 is 122 Å². The van der Waals surface area contributed by atoms with Crippen LogP contribution >= 0.6 is 34.0 Å². The summed E-state index contributed by atoms with van der Waals surface area (Å²) in [6, 6.07) is 35.0. The number of rotatable bonds is 18. The number of H-pyrrole nitrogens is 6. The molecule has 0 bridgehead atoms. The van der Waals surface area contributed by atoms with E-state index in [1.165, 1.54) is 70.1 Å². The van der Waals surface area contributed by atoms with Gasteiger partial charge in [0.1, 0.15) is 45.0 Å². The maximum absolute atomic E-state index is 5.03. The number of pyridine rings is 6. The van der Waals surface area contributed by atoms with Crippen molar-refractivity contribution in [1.29, 1.82) is 0 Å². The lowest BCUT2D eigenvalue weighted by Gasteiger charge is -2.34. The first-order chi connectivity index (χ1) is 69.0. The number of aromatic nitrogens is 27. The first-order valence-corrected chi connectivity index (χ1v) is 52.6. The minimum Gasteiger partial charge on any atom is -0.353 e. The molecule has 0 amide bonds. The van der Waals surface area contributed by atoms with Crippen LogP contribution in [0.4, 0.5) is 10.9 Å². The van der Waals surface area contributed by atoms with E-state index >= 15 is 0 Å². The van der Waals surface area contributed by atoms with Gasteiger partial charge in [-0.2, -0.15) is 40.8 Å². The van der Waals surface area contributed by atoms with Gasteiger partial charge >= 0.3 is 0 Å². The number of nitrogens with one attached hydrogen (secondary N) is 12. The molecule has 6 saturated heterocycles. The molecule has 6 aliphatic heterocycles. The molecule has 141 heavy (non-hydrogen) atoms. The first-order valence-electron chi connectivity index (χ1n) is 50.1. The van der Waals surface area contributed by atoms with Crippen molar-refractivity contribution in [2.45, 2.75) is 181 Å². The topological polar surface area (TPSA) is 420 Å². The number of piperazine rings is 1. The van der Waals surface area contributed by atoms with Gasteiger partial charge < -0.3 is 46.3 Å². The van der Waals surface area contributed by atoms with E-state index in [1.807, 2.05) is 78.1 Å². The van der Waals surface area contributed by atoms with Gasteiger partial charge in [-0.3, -0.25) is 40.0 Å². The van der Waals surface area contributed by atoms with Gasteiger partial charge in [-0.25, -0.2) is 49.8 Å². The quantitative estimate of drug-likeness (QED) is 0.0379. The van der Waals surface area contributed by atoms with E-state index in [-0.39, 0.29) is 7.13 Å². The SMILES string of the molecule is CC(C)C[C@H]1CC(c2cn(C)c(-c3[nH]nc4ncccc34)n2)CCN1.CC(C)C[C@H]1CN(c2csc(-c3[nH]nc4ncccc34)n2)CCN1.Cc1cn(C2CCNCC2)nc1-c1[nH]nc2ncccc12.Cc1sc(C2CCN[C@@H](CC(C)C)C2)nc1-c1[nH]nc2ncccc12.Cc1sc(N2CCCNCC2)nc1-c1[nH]nc2ncccc12.[HH].[HH].[HH].[HH].[HH].c1cnc2n[nH]c(-c3nn(C4CCNCC4)c4ccccc34)c2c1. The van der Waals surface area contributed by atoms with Crippen LogP contribution in [-0.4, -0.2) is 238 Å². The van der Waals surface area contributed by atoms with Gasteiger partial charge in [0.15, 0.2) is 44.8 Å². The Hall–Kier alpha value is -12.9. The zero-order valence-electron chi connectivity index (χ0n) is 81.9. The number of anilines is 2. The van der Waals surface area contributed by atoms with Gasteiger partial charge in [-0.15, -0.1) is 34.0 Å². The van der Waals surface area contributed by atoms with Crippen LogP contribution in [-0.2, 0) is 7.05 Å². The Labute approximate surface area is 838 Å². The highest BCUT2D eigenvalue weighted by molar-refractivity contribution is 7.16. The second-order valence-corrected chi connectivity index (χ2v) is 42.3. The summed E-state index contributed by atoms with van der Waals surface area (Å²) < 4.78 is 6.43. The van der Waals surface area contributed by atoms with E-state index in [2.05, 4.69) is 264 Å². The summed E-state index contributed by atoms with van der Waals surface area (Å²) in [5.41, 5.74) is 17.7. The van der Waals surface area contributed by atoms with E-state index in [9.17, 15) is 0 Å². The molecular weight excluding hydrogens is 1820 g/mol. The number of thiazole rings is 3. The van der Waals surface area contributed by atoms with Crippen LogP contribution in [0.2, 0.25) is 0 Å². The third-order valence-corrected chi connectivity index (χ3v) is 30.4. The predicted molar refractivity (Wildman–Crippen MR) is 575 cm³/mol. The highest BCUT2D eigenvalue weighted by atomic mass is 32.1. The van der Waals surface area contributed by atoms with E-state index in [1.54, 1.807) is 59.9 Å². The highest BCUT2D eigenvalue weighted by Crippen LogP contribution is 2.42. The Morgan fingerprint density at radius 3 is 1.44 bits per heavy atom. The Morgan fingerprint density at radius 1 is 0.404 bits per heavy atom. The molecule has 25 rings (SSSR count). The third-order valence-electron chi connectivity index (χ3n) is 27.4. The van der Waals surface area contributed by atoms with Gasteiger partial charge in [0.25, 0.3) is 0 Å². The number of aryl methyl sites for hydroxylation is 4. The number of hydrogen-bond acceptors (Lipinski definition) is 29. The van der Waals surface area contributed by atoms with E-state index in [0.717, 1.165) is 286 Å². The van der Waals surface area contributed by atoms with Crippen LogP contribution in [0.3, 0.4) is 0 Å². The fourth-order valence-electron chi connectivity index (χ4n) is 20.6. The van der Waals surface area contributed by atoms with Crippen molar-refractivity contribution in [2.24, 2.45) is 24.8 Å². The minimum atomic E-state index is 0. The third kappa shape index (κ3) is 21.8. The summed E-state index contributed by atoms with van der Waals surface area (Å²) in [5, 5.41) is 88.3. The monoisotopic (exact) mass is 1960 g/mol. The van der Waals surface area contributed by atoms with Crippen LogP contribution < -0.4 is 41.7 Å². The second kappa shape index (κ2) is 44.1. The Bertz CT molecular complexity index is 7220. The smallest absolute Gasteiger partial charge is 0.186 e. The number of piperidine rings is 4. The number of benzene rings is 1. The zero-order chi connectivity index (χ0) is 96.4. The zero-order valence-corrected chi connectivity index (χ0v) is 84.3. The van der Waals surface area contributed by atoms with Gasteiger partial charge in [-0.05, 0) is 246 Å². The van der Waals surface area contributed by atoms with Crippen LogP contribution in [0.15, 0.2) is 152 Å². The normalized spacial score (nSPS) is 18.5. The molecule has 0 radical (unpaired) electrons. The molecule has 5 atom stereocenters. The van der Waals surface area contributed by atoms with Gasteiger partial charge in [0.05, 0.1) is 51.1 Å². The van der Waals surface area contributed by atoms with Crippen LogP contribution in [0.5, 0.6) is 0 Å². The first kappa shape index (κ1) is 95.6. The van der Waals surface area contributed by atoms with E-state index < -0.39 is 0 Å². The van der Waals surface area contributed by atoms with Gasteiger partial charge in [0.2, 0.25) is 0 Å². The average molecular weight is 1960 g/mol. The number of aromatic amines is 6. The fraction of sp³-hybridized carbons (Fsp3) is 0.437. The summed E-state index contributed by atoms with van der Waals surface area (Å²) >= 11 is 5.26. The van der Waals surface area contributed by atoms with Crippen molar-refractivity contribution in [2.75, 3.05) is 94.9 Å². The molecule has 2 unspecified atom stereocenters. The lowest BCUT2D eigenvalue weighted by molar-refractivity contribution is 0.317. The number of nitrogens with zero attached hydrogens (tertiary/aromatic N) is 23. The van der Waals surface area contributed by atoms with Crippen molar-refractivity contribution < 1.29 is 7.13 Å². The molecule has 24 heterocycles. The minimum absolute atomic E-state index is 0. The van der Waals surface area contributed by atoms with Crippen molar-refractivity contribution in [3.8, 4) is 67.8 Å². The van der Waals surface area contributed by atoms with Crippen LogP contribution in [0.25, 0.3) is 145 Å². The maximum atomic E-state index is 5.03. The molecule has 19 aromatic rings. The van der Waals surface area contributed by atoms with Gasteiger partial charge in [0, 0.05) is 186 Å². The average Bonchev–Trinajstić information content (AvgIpc) is 1.60. The molecule has 35 nitrogen and oxygen atoms in total. The van der Waals surface area contributed by atoms with Crippen molar-refractivity contribution in [3.05, 3.63) is 178 Å². The molecule has 0 saturated carbocycles. The molecule has 0 spiro atoms. The summed E-state index contributed by atoms with van der Waals surface area (Å²) in [6.45, 7) is 33.7. The Kier molecular flexibility index (Phi) is 29.9. The molecule has 0 aliphatic carbocycles. The van der Waals surface area contributed by atoms with Crippen molar-refractivity contribution in [1.82, 2.24) is 167 Å². The highest BCUT2D eigenvalue weighted by Gasteiger charge is 2.33. The molecule has 1 aromatic carbocycles. The second-order valence-electron chi connectivity index (χ2n) is 39.0. The number of fused-ring (bicyclic) bond motifs is 7. The number of imidazole rings is 1. The predicted octanol–water partition coefficient (Wildman–Crippen LogP) is 18.8. The maximum Gasteiger partial charge on any atom is 0.186 e. The summed E-state index contributed by atoms with van der Waals surface area (Å²) in [5.74, 6) is 5.25. The van der Waals surface area contributed by atoms with Crippen LogP contribution in [0.1, 0.15) is 176 Å². The molecule has 6 fully saturated rings. The lowest BCUT2D eigenvalue weighted by Crippen LogP contribution is -2.51. The Morgan fingerprint density at radius 2 is 0.865 bits per heavy atom. The molecule has 38 heteroatoms. The number of para-hydroxylation sites is 1. The van der Waals surface area contributed by atoms with Crippen LogP contribution in [0, 0.1) is 38.5 Å². The Balaban J connectivity index is 0.000000131. The largest absolute Gasteiger partial charge is 0.353 e. The van der Waals surface area contributed by atoms with Gasteiger partial charge in [-0.1, -0.05) is 59.7 Å². The van der Waals surface area contributed by atoms with Crippen molar-refractivity contribution in [3.63, 3.8) is 0 Å². The summed E-state index contributed by atoms with van der Waals surface area (Å²) in [7, 11) is 2.06. The standard InChI is InChI=1S/C19H26N6.C19H25N5S.C18H18N6.C17H22N6S.C15H18N6S.C15H18N6.5H2/c1-12(2)9-14-10-13(6-8-20-14)16-11-25(3)19(22-16)17-15-5-4-7-21-18(15)24-23-17;1-11(2)9-14-10-13(6-8-20-14)19-22-16(12(3)25-19)17-15-5-4-7-21-18(15)24-23-17;1-2-6-15-13(4-1)17(23-24(15)12-7-10-19-11-8-12)16-14-5-3-9-20-18(14)22-21-16;1-11(2)8-12-9-23(7-6-18-12)14-10-24-17(20-14)15-13-4-3-5-19-16(13)22-21-15;1-10-12(13-11-4-2-6-17-14(11)20-19-13)18-15(22-10)21-8-3-5-16-7-9-21;1-10-9-21(11-4-7-16-8-5-11)20-13(10)14-12-3-2-6-17-15(12)19-18-14;;;;;/h4-5,7,11-14,20H,6,8-10H2,1-3H3,(H,21,23,24);4-5,7,11,13-14,20H,6,8-10H2,1-3H3,(H,21,23,24);1-6,9,12,19H,7-8,10-11H2,(H,20,21,22);3-5,10-12,18H,6-9H2,1-2H3,(H,19,21,22);2,4,6,16H,3,5,7-9H2,1H3,(H,17,19,20);2-3,6,9,11,16H,4-5,7-8H2,1H3,(H,17,18,19);5*1H/t2*13?,14-;;12-;;;;;;;/m00.0......./s1. The molecule has 18 aromatic heterocycles. The van der Waals surface area contributed by atoms with E-state index in [0.29, 0.717) is 48.0 Å². The molecular formula is C103H137N35S3. The fourth-order valence-corrected chi connectivity index (χ4v) is 23.4. The number of hydrogen-bond donors (Lipinski definition) is 12. The molecule has 742 valence electrons. The molecule has 6 aliphatic rings. The summed E-state index contributed by atoms with van der Waals surface area (Å²) in [6.07, 6.45) is 28.9. The summed E-state index contributed by atoms with van der Waals surface area (Å²) in [4.78, 5) is 52.7. The van der Waals surface area contributed by atoms with E-state index in [4.69, 9.17) is 30.1 Å². The lowest BCUT2D eigenvalue weighted by atomic mass is 9.86. The molecule has 12 N–H and O–H groups in total.